The molecule has 0 aliphatic carbocycles. The molecule has 0 saturated heterocycles. The summed E-state index contributed by atoms with van der Waals surface area (Å²) in [6, 6.07) is 18.1. The van der Waals surface area contributed by atoms with E-state index in [1.165, 1.54) is 5.56 Å². The van der Waals surface area contributed by atoms with E-state index in [1.807, 2.05) is 63.2 Å². The molecule has 124 valence electrons. The first-order valence-corrected chi connectivity index (χ1v) is 9.62. The SMILES string of the molecule is CCO[Si](OCC)(OCC)Oc1ccc(-c2ccccc2)cc1. The molecule has 0 heterocycles. The van der Waals surface area contributed by atoms with Crippen molar-refractivity contribution in [1.29, 1.82) is 0 Å². The van der Waals surface area contributed by atoms with Crippen LogP contribution in [0.2, 0.25) is 0 Å². The highest BCUT2D eigenvalue weighted by Gasteiger charge is 2.47. The summed E-state index contributed by atoms with van der Waals surface area (Å²) in [5.41, 5.74) is 2.30. The summed E-state index contributed by atoms with van der Waals surface area (Å²) < 4.78 is 23.1. The lowest BCUT2D eigenvalue weighted by Gasteiger charge is -2.27. The Hall–Kier alpha value is -1.66. The molecular formula is C18H24O4Si. The molecule has 0 radical (unpaired) electrons. The Morgan fingerprint density at radius 3 is 1.61 bits per heavy atom. The maximum Gasteiger partial charge on any atom is 0.749 e. The van der Waals surface area contributed by atoms with Gasteiger partial charge in [0.2, 0.25) is 0 Å². The van der Waals surface area contributed by atoms with Crippen LogP contribution in [0.5, 0.6) is 5.75 Å². The quantitative estimate of drug-likeness (QED) is 0.642. The van der Waals surface area contributed by atoms with Gasteiger partial charge in [0.25, 0.3) is 0 Å². The van der Waals surface area contributed by atoms with E-state index in [2.05, 4.69) is 12.1 Å². The summed E-state index contributed by atoms with van der Waals surface area (Å²) in [5, 5.41) is 0. The Bertz CT molecular complexity index is 554. The van der Waals surface area contributed by atoms with Crippen LogP contribution in [0.25, 0.3) is 11.1 Å². The van der Waals surface area contributed by atoms with Crippen LogP contribution in [0.4, 0.5) is 0 Å². The molecule has 0 unspecified atom stereocenters. The standard InChI is InChI=1S/C18H24O4Si/c1-4-19-23(20-5-2,21-6-3)22-18-14-12-17(13-15-18)16-10-8-7-9-11-16/h7-15H,4-6H2,1-3H3. The second-order valence-electron chi connectivity index (χ2n) is 4.79. The topological polar surface area (TPSA) is 36.9 Å². The lowest BCUT2D eigenvalue weighted by molar-refractivity contribution is 0.00970. The first-order valence-electron chi connectivity index (χ1n) is 7.99. The lowest BCUT2D eigenvalue weighted by Crippen LogP contribution is -2.52. The molecule has 2 rings (SSSR count). The summed E-state index contributed by atoms with van der Waals surface area (Å²) >= 11 is 0. The first kappa shape index (κ1) is 17.7. The van der Waals surface area contributed by atoms with Crippen LogP contribution in [-0.2, 0) is 13.3 Å². The van der Waals surface area contributed by atoms with Gasteiger partial charge in [0.15, 0.2) is 0 Å². The van der Waals surface area contributed by atoms with Crippen molar-refractivity contribution in [3.05, 3.63) is 54.6 Å². The molecule has 2 aromatic carbocycles. The average molecular weight is 332 g/mol. The monoisotopic (exact) mass is 332 g/mol. The second-order valence-corrected chi connectivity index (χ2v) is 6.86. The van der Waals surface area contributed by atoms with Crippen molar-refractivity contribution in [2.24, 2.45) is 0 Å². The average Bonchev–Trinajstić information content (AvgIpc) is 2.57. The van der Waals surface area contributed by atoms with Gasteiger partial charge in [-0.1, -0.05) is 42.5 Å². The fourth-order valence-electron chi connectivity index (χ4n) is 2.23. The van der Waals surface area contributed by atoms with Crippen molar-refractivity contribution in [1.82, 2.24) is 0 Å². The second kappa shape index (κ2) is 8.84. The number of rotatable bonds is 9. The Balaban J connectivity index is 2.16. The molecule has 0 atom stereocenters. The maximum absolute atomic E-state index is 5.99. The number of benzene rings is 2. The van der Waals surface area contributed by atoms with Gasteiger partial charge in [-0.15, -0.1) is 0 Å². The van der Waals surface area contributed by atoms with Gasteiger partial charge < -0.3 is 17.7 Å². The minimum atomic E-state index is -3.13. The Kier molecular flexibility index (Phi) is 6.79. The Labute approximate surface area is 139 Å². The smallest absolute Gasteiger partial charge is 0.480 e. The highest BCUT2D eigenvalue weighted by atomic mass is 28.4. The Morgan fingerprint density at radius 2 is 1.13 bits per heavy atom. The van der Waals surface area contributed by atoms with Crippen molar-refractivity contribution < 1.29 is 17.7 Å². The van der Waals surface area contributed by atoms with Gasteiger partial charge in [0, 0.05) is 19.8 Å². The molecule has 4 nitrogen and oxygen atoms in total. The molecule has 2 aromatic rings. The van der Waals surface area contributed by atoms with Crippen LogP contribution in [0.15, 0.2) is 54.6 Å². The van der Waals surface area contributed by atoms with E-state index >= 15 is 0 Å². The lowest BCUT2D eigenvalue weighted by atomic mass is 10.1. The van der Waals surface area contributed by atoms with Crippen molar-refractivity contribution in [3.63, 3.8) is 0 Å². The minimum Gasteiger partial charge on any atom is -0.480 e. The minimum absolute atomic E-state index is 0.480. The van der Waals surface area contributed by atoms with Crippen LogP contribution >= 0.6 is 0 Å². The highest BCUT2D eigenvalue weighted by Crippen LogP contribution is 2.24. The molecule has 0 aliphatic rings. The third-order valence-corrected chi connectivity index (χ3v) is 5.58. The van der Waals surface area contributed by atoms with E-state index in [1.54, 1.807) is 0 Å². The van der Waals surface area contributed by atoms with Gasteiger partial charge >= 0.3 is 9.05 Å². The number of hydrogen-bond acceptors (Lipinski definition) is 4. The van der Waals surface area contributed by atoms with E-state index in [0.29, 0.717) is 25.6 Å². The molecule has 0 amide bonds. The molecular weight excluding hydrogens is 308 g/mol. The fourth-order valence-corrected chi connectivity index (χ4v) is 4.15. The molecule has 0 aromatic heterocycles. The van der Waals surface area contributed by atoms with Crippen molar-refractivity contribution in [2.75, 3.05) is 19.8 Å². The van der Waals surface area contributed by atoms with E-state index in [9.17, 15) is 0 Å². The largest absolute Gasteiger partial charge is 0.749 e. The summed E-state index contributed by atoms with van der Waals surface area (Å²) in [4.78, 5) is 0. The molecule has 5 heteroatoms. The van der Waals surface area contributed by atoms with Gasteiger partial charge in [-0.2, -0.15) is 0 Å². The molecule has 0 saturated carbocycles. The highest BCUT2D eigenvalue weighted by molar-refractivity contribution is 6.54. The predicted molar refractivity (Wildman–Crippen MR) is 93.1 cm³/mol. The molecule has 0 bridgehead atoms. The summed E-state index contributed by atoms with van der Waals surface area (Å²) in [5.74, 6) is 0.687. The van der Waals surface area contributed by atoms with Crippen LogP contribution in [0.3, 0.4) is 0 Å². The van der Waals surface area contributed by atoms with E-state index in [4.69, 9.17) is 17.7 Å². The molecule has 0 fully saturated rings. The van der Waals surface area contributed by atoms with Gasteiger partial charge in [0.05, 0.1) is 0 Å². The fraction of sp³-hybridized carbons (Fsp3) is 0.333. The Morgan fingerprint density at radius 1 is 0.652 bits per heavy atom. The first-order chi connectivity index (χ1) is 11.2. The zero-order valence-electron chi connectivity index (χ0n) is 14.0. The zero-order valence-corrected chi connectivity index (χ0v) is 15.0. The third kappa shape index (κ3) is 4.91. The van der Waals surface area contributed by atoms with E-state index < -0.39 is 9.05 Å². The van der Waals surface area contributed by atoms with E-state index in [-0.39, 0.29) is 0 Å². The van der Waals surface area contributed by atoms with Crippen molar-refractivity contribution in [2.45, 2.75) is 20.8 Å². The molecule has 0 aliphatic heterocycles. The molecule has 0 N–H and O–H groups in total. The normalized spacial score (nSPS) is 11.4. The zero-order chi connectivity index (χ0) is 16.5. The summed E-state index contributed by atoms with van der Waals surface area (Å²) in [6.45, 7) is 7.15. The molecule has 23 heavy (non-hydrogen) atoms. The van der Waals surface area contributed by atoms with Gasteiger partial charge in [-0.3, -0.25) is 0 Å². The van der Waals surface area contributed by atoms with Crippen molar-refractivity contribution in [3.8, 4) is 16.9 Å². The summed E-state index contributed by atoms with van der Waals surface area (Å²) in [7, 11) is -3.13. The van der Waals surface area contributed by atoms with Crippen molar-refractivity contribution >= 4 is 9.05 Å². The van der Waals surface area contributed by atoms with Gasteiger partial charge in [-0.05, 0) is 44.0 Å². The van der Waals surface area contributed by atoms with Crippen LogP contribution in [0.1, 0.15) is 20.8 Å². The van der Waals surface area contributed by atoms with Gasteiger partial charge in [0.1, 0.15) is 5.75 Å². The van der Waals surface area contributed by atoms with Crippen LogP contribution < -0.4 is 4.43 Å². The summed E-state index contributed by atoms with van der Waals surface area (Å²) in [6.07, 6.45) is 0. The maximum atomic E-state index is 5.99. The molecule has 0 spiro atoms. The van der Waals surface area contributed by atoms with Gasteiger partial charge in [-0.25, -0.2) is 0 Å². The van der Waals surface area contributed by atoms with Crippen LogP contribution in [0, 0.1) is 0 Å². The van der Waals surface area contributed by atoms with E-state index in [0.717, 1.165) is 5.56 Å². The van der Waals surface area contributed by atoms with Crippen LogP contribution in [-0.4, -0.2) is 28.9 Å². The third-order valence-electron chi connectivity index (χ3n) is 3.17. The number of hydrogen-bond donors (Lipinski definition) is 0. The predicted octanol–water partition coefficient (Wildman–Crippen LogP) is 4.28.